The average molecular weight is 329 g/mol. The largest absolute Gasteiger partial charge is 0.496 e. The number of carboxylic acids is 1. The number of Topliss-reactive ketones (excluding diaryl/α,β-unsaturated/α-hetero) is 1. The number of aromatic nitrogens is 1. The summed E-state index contributed by atoms with van der Waals surface area (Å²) >= 11 is 0. The fourth-order valence-corrected chi connectivity index (χ4v) is 2.47. The van der Waals surface area contributed by atoms with E-state index in [0.717, 1.165) is 5.56 Å². The van der Waals surface area contributed by atoms with Gasteiger partial charge >= 0.3 is 5.97 Å². The molecule has 24 heavy (non-hydrogen) atoms. The number of hydrogen-bond acceptors (Lipinski definition) is 5. The molecule has 0 amide bonds. The van der Waals surface area contributed by atoms with Crippen molar-refractivity contribution in [3.05, 3.63) is 41.5 Å². The Hall–Kier alpha value is -2.89. The topological polar surface area (TPSA) is 96.7 Å². The predicted molar refractivity (Wildman–Crippen MR) is 88.4 cm³/mol. The van der Waals surface area contributed by atoms with Gasteiger partial charge in [-0.05, 0) is 30.7 Å². The Morgan fingerprint density at radius 2 is 1.96 bits per heavy atom. The first-order valence-electron chi connectivity index (χ1n) is 7.44. The van der Waals surface area contributed by atoms with Gasteiger partial charge in [0.1, 0.15) is 5.75 Å². The Balaban J connectivity index is 2.40. The van der Waals surface area contributed by atoms with Crippen LogP contribution in [0.1, 0.15) is 29.3 Å². The molecule has 0 saturated carbocycles. The van der Waals surface area contributed by atoms with E-state index in [0.29, 0.717) is 22.6 Å². The van der Waals surface area contributed by atoms with Crippen molar-refractivity contribution in [1.29, 1.82) is 0 Å². The van der Waals surface area contributed by atoms with E-state index in [2.05, 4.69) is 4.98 Å². The number of rotatable bonds is 6. The van der Waals surface area contributed by atoms with Crippen LogP contribution < -0.4 is 4.74 Å². The van der Waals surface area contributed by atoms with E-state index in [1.54, 1.807) is 31.2 Å². The van der Waals surface area contributed by atoms with Crippen LogP contribution in [0.5, 0.6) is 11.6 Å². The standard InChI is InChI=1S/C18H19NO5/c1-10-6-14(19-16(20)7-10)12-4-5-13(15(9-12)24-3)18(23)11(2)8-17(21)22/h4-7,9,11H,8H2,1-3H3,(H,19,20)(H,21,22). The molecule has 1 unspecified atom stereocenters. The third-order valence-electron chi connectivity index (χ3n) is 3.65. The molecule has 6 heteroatoms. The highest BCUT2D eigenvalue weighted by Crippen LogP contribution is 2.29. The summed E-state index contributed by atoms with van der Waals surface area (Å²) in [5.41, 5.74) is 2.43. The zero-order valence-corrected chi connectivity index (χ0v) is 13.7. The molecule has 1 aromatic heterocycles. The van der Waals surface area contributed by atoms with Crippen LogP contribution in [0, 0.1) is 12.8 Å². The van der Waals surface area contributed by atoms with E-state index in [-0.39, 0.29) is 18.1 Å². The Morgan fingerprint density at radius 1 is 1.25 bits per heavy atom. The predicted octanol–water partition coefficient (Wildman–Crippen LogP) is 3.06. The highest BCUT2D eigenvalue weighted by molar-refractivity contribution is 6.01. The quantitative estimate of drug-likeness (QED) is 0.791. The Kier molecular flexibility index (Phi) is 5.18. The van der Waals surface area contributed by atoms with Crippen LogP contribution in [-0.4, -0.2) is 34.1 Å². The lowest BCUT2D eigenvalue weighted by molar-refractivity contribution is -0.137. The average Bonchev–Trinajstić information content (AvgIpc) is 2.52. The summed E-state index contributed by atoms with van der Waals surface area (Å²) in [5, 5.41) is 18.5. The Morgan fingerprint density at radius 3 is 2.54 bits per heavy atom. The highest BCUT2D eigenvalue weighted by atomic mass is 16.5. The van der Waals surface area contributed by atoms with Gasteiger partial charge in [-0.3, -0.25) is 9.59 Å². The second kappa shape index (κ2) is 7.12. The van der Waals surface area contributed by atoms with Gasteiger partial charge in [-0.15, -0.1) is 0 Å². The maximum absolute atomic E-state index is 12.4. The highest BCUT2D eigenvalue weighted by Gasteiger charge is 2.22. The van der Waals surface area contributed by atoms with Crippen molar-refractivity contribution in [2.75, 3.05) is 7.11 Å². The molecule has 1 heterocycles. The number of benzene rings is 1. The second-order valence-electron chi connectivity index (χ2n) is 5.67. The number of hydrogen-bond donors (Lipinski definition) is 2. The van der Waals surface area contributed by atoms with Crippen LogP contribution in [0.15, 0.2) is 30.3 Å². The summed E-state index contributed by atoms with van der Waals surface area (Å²) in [5.74, 6) is -1.70. The third kappa shape index (κ3) is 3.90. The van der Waals surface area contributed by atoms with Crippen molar-refractivity contribution in [2.24, 2.45) is 5.92 Å². The van der Waals surface area contributed by atoms with Crippen molar-refractivity contribution >= 4 is 11.8 Å². The molecule has 0 aliphatic rings. The zero-order valence-electron chi connectivity index (χ0n) is 13.7. The molecule has 6 nitrogen and oxygen atoms in total. The maximum Gasteiger partial charge on any atom is 0.304 e. The summed E-state index contributed by atoms with van der Waals surface area (Å²) < 4.78 is 5.29. The third-order valence-corrected chi connectivity index (χ3v) is 3.65. The summed E-state index contributed by atoms with van der Waals surface area (Å²) in [6.45, 7) is 3.41. The SMILES string of the molecule is COc1cc(-c2cc(C)cc(O)n2)ccc1C(=O)C(C)CC(=O)O. The lowest BCUT2D eigenvalue weighted by Gasteiger charge is -2.13. The number of nitrogens with zero attached hydrogens (tertiary/aromatic N) is 1. The fraction of sp³-hybridized carbons (Fsp3) is 0.278. The van der Waals surface area contributed by atoms with Crippen LogP contribution in [-0.2, 0) is 4.79 Å². The Bertz CT molecular complexity index is 765. The van der Waals surface area contributed by atoms with Crippen molar-refractivity contribution in [3.8, 4) is 22.9 Å². The fourth-order valence-electron chi connectivity index (χ4n) is 2.47. The first-order valence-corrected chi connectivity index (χ1v) is 7.44. The van der Waals surface area contributed by atoms with E-state index < -0.39 is 11.9 Å². The molecule has 2 aromatic rings. The molecular weight excluding hydrogens is 310 g/mol. The molecule has 1 atom stereocenters. The van der Waals surface area contributed by atoms with Crippen LogP contribution >= 0.6 is 0 Å². The maximum atomic E-state index is 12.4. The van der Waals surface area contributed by atoms with Gasteiger partial charge in [0.05, 0.1) is 24.8 Å². The van der Waals surface area contributed by atoms with Crippen molar-refractivity contribution in [3.63, 3.8) is 0 Å². The number of ketones is 1. The van der Waals surface area contributed by atoms with Crippen LogP contribution in [0.3, 0.4) is 0 Å². The number of aliphatic carboxylic acids is 1. The molecule has 126 valence electrons. The van der Waals surface area contributed by atoms with Crippen LogP contribution in [0.4, 0.5) is 0 Å². The monoisotopic (exact) mass is 329 g/mol. The molecule has 0 saturated heterocycles. The minimum absolute atomic E-state index is 0.0841. The van der Waals surface area contributed by atoms with Crippen molar-refractivity contribution in [1.82, 2.24) is 4.98 Å². The summed E-state index contributed by atoms with van der Waals surface area (Å²) in [6, 6.07) is 8.30. The molecular formula is C18H19NO5. The number of methoxy groups -OCH3 is 1. The minimum Gasteiger partial charge on any atom is -0.496 e. The summed E-state index contributed by atoms with van der Waals surface area (Å²) in [7, 11) is 1.44. The molecule has 1 aromatic carbocycles. The van der Waals surface area contributed by atoms with E-state index in [1.165, 1.54) is 7.11 Å². The van der Waals surface area contributed by atoms with Gasteiger partial charge in [0, 0.05) is 17.5 Å². The summed E-state index contributed by atoms with van der Waals surface area (Å²) in [4.78, 5) is 27.3. The number of carboxylic acid groups (broad SMARTS) is 1. The van der Waals surface area contributed by atoms with E-state index in [1.807, 2.05) is 13.0 Å². The van der Waals surface area contributed by atoms with Crippen LogP contribution in [0.25, 0.3) is 11.3 Å². The molecule has 0 fully saturated rings. The van der Waals surface area contributed by atoms with E-state index in [9.17, 15) is 14.7 Å². The van der Waals surface area contributed by atoms with Gasteiger partial charge in [-0.2, -0.15) is 0 Å². The van der Waals surface area contributed by atoms with Gasteiger partial charge in [-0.1, -0.05) is 13.0 Å². The smallest absolute Gasteiger partial charge is 0.304 e. The van der Waals surface area contributed by atoms with Gasteiger partial charge in [0.25, 0.3) is 0 Å². The number of aromatic hydroxyl groups is 1. The molecule has 2 N–H and O–H groups in total. The lowest BCUT2D eigenvalue weighted by atomic mass is 9.94. The number of carbonyl (C=O) groups is 2. The molecule has 0 bridgehead atoms. The van der Waals surface area contributed by atoms with Gasteiger partial charge in [-0.25, -0.2) is 4.98 Å². The molecule has 0 aliphatic carbocycles. The van der Waals surface area contributed by atoms with Crippen LogP contribution in [0.2, 0.25) is 0 Å². The van der Waals surface area contributed by atoms with Gasteiger partial charge < -0.3 is 14.9 Å². The molecule has 0 aliphatic heterocycles. The number of pyridine rings is 1. The molecule has 2 rings (SSSR count). The van der Waals surface area contributed by atoms with Gasteiger partial charge in [0.15, 0.2) is 5.78 Å². The van der Waals surface area contributed by atoms with Gasteiger partial charge in [0.2, 0.25) is 5.88 Å². The van der Waals surface area contributed by atoms with Crippen molar-refractivity contribution < 1.29 is 24.5 Å². The first kappa shape index (κ1) is 17.5. The molecule has 0 spiro atoms. The van der Waals surface area contributed by atoms with E-state index >= 15 is 0 Å². The van der Waals surface area contributed by atoms with Crippen molar-refractivity contribution in [2.45, 2.75) is 20.3 Å². The Labute approximate surface area is 139 Å². The number of carbonyl (C=O) groups excluding carboxylic acids is 1. The lowest BCUT2D eigenvalue weighted by Crippen LogP contribution is -2.16. The second-order valence-corrected chi connectivity index (χ2v) is 5.67. The zero-order chi connectivity index (χ0) is 17.9. The summed E-state index contributed by atoms with van der Waals surface area (Å²) in [6.07, 6.45) is -0.239. The van der Waals surface area contributed by atoms with E-state index in [4.69, 9.17) is 9.84 Å². The normalized spacial score (nSPS) is 11.8. The number of aryl methyl sites for hydroxylation is 1. The first-order chi connectivity index (χ1) is 11.3. The number of ether oxygens (including phenoxy) is 1. The minimum atomic E-state index is -1.02. The molecule has 0 radical (unpaired) electrons.